The zero-order valence-corrected chi connectivity index (χ0v) is 23.9. The summed E-state index contributed by atoms with van der Waals surface area (Å²) in [6, 6.07) is 12.0. The molecule has 0 aliphatic heterocycles. The maximum absolute atomic E-state index is 11.7. The maximum atomic E-state index is 11.7. The van der Waals surface area contributed by atoms with Crippen molar-refractivity contribution >= 4 is 28.1 Å². The molecule has 0 saturated carbocycles. The molecule has 2 aromatic heterocycles. The molecule has 220 valence electrons. The van der Waals surface area contributed by atoms with Crippen LogP contribution in [-0.2, 0) is 29.1 Å². The van der Waals surface area contributed by atoms with Crippen LogP contribution in [0.2, 0.25) is 0 Å². The number of para-hydroxylation sites is 1. The third-order valence-electron chi connectivity index (χ3n) is 5.92. The summed E-state index contributed by atoms with van der Waals surface area (Å²) in [6.45, 7) is 2.81. The summed E-state index contributed by atoms with van der Waals surface area (Å²) in [5.74, 6) is -0.557. The normalized spacial score (nSPS) is 12.2. The number of benzene rings is 2. The molecule has 0 spiro atoms. The third-order valence-corrected chi connectivity index (χ3v) is 6.64. The Balaban J connectivity index is 1.28. The van der Waals surface area contributed by atoms with Crippen molar-refractivity contribution in [2.45, 2.75) is 25.6 Å². The molecule has 0 amide bonds. The lowest BCUT2D eigenvalue weighted by Gasteiger charge is -2.08. The van der Waals surface area contributed by atoms with Gasteiger partial charge in [0.15, 0.2) is 6.04 Å². The molecule has 0 radical (unpaired) electrons. The number of ether oxygens (including phenoxy) is 2. The highest BCUT2D eigenvalue weighted by molar-refractivity contribution is 7.13. The van der Waals surface area contributed by atoms with Crippen molar-refractivity contribution in [2.75, 3.05) is 33.9 Å². The number of aliphatic carboxylic acids is 1. The molecule has 2 aromatic carbocycles. The van der Waals surface area contributed by atoms with Gasteiger partial charge in [0.2, 0.25) is 5.13 Å². The van der Waals surface area contributed by atoms with E-state index in [0.29, 0.717) is 37.8 Å². The highest BCUT2D eigenvalue weighted by Crippen LogP contribution is 2.29. The third kappa shape index (κ3) is 8.95. The lowest BCUT2D eigenvalue weighted by molar-refractivity contribution is -0.385. The number of carbonyl (C=O) groups is 1. The van der Waals surface area contributed by atoms with Crippen molar-refractivity contribution in [3.05, 3.63) is 81.5 Å². The first-order valence-electron chi connectivity index (χ1n) is 12.9. The van der Waals surface area contributed by atoms with E-state index < -0.39 is 16.9 Å². The largest absolute Gasteiger partial charge is 0.492 e. The molecular weight excluding hydrogens is 564 g/mol. The molecule has 1 N–H and O–H groups in total. The number of likely N-dealkylation sites (N-methyl/N-ethyl adjacent to an activating group) is 1. The Kier molecular flexibility index (Phi) is 10.7. The second-order valence-corrected chi connectivity index (χ2v) is 10.2. The zero-order valence-electron chi connectivity index (χ0n) is 23.1. The second-order valence-electron chi connectivity index (χ2n) is 9.38. The first kappa shape index (κ1) is 30.4. The van der Waals surface area contributed by atoms with Crippen LogP contribution in [0.4, 0.5) is 10.8 Å². The number of nitro benzene ring substituents is 1. The molecular formula is C27H30N8O6S. The highest BCUT2D eigenvalue weighted by Gasteiger charge is 2.23. The SMILES string of the molecule is CN(C)CCOCc1cn(CCOc2ccc(-c3csc(N=NC(Cc4ccccc4[N+](=O)[O-])C(=O)O)n3)cc2)nn1. The summed E-state index contributed by atoms with van der Waals surface area (Å²) in [7, 11) is 3.98. The monoisotopic (exact) mass is 594 g/mol. The predicted molar refractivity (Wildman–Crippen MR) is 154 cm³/mol. The van der Waals surface area contributed by atoms with Crippen LogP contribution in [0.15, 0.2) is 70.3 Å². The van der Waals surface area contributed by atoms with Crippen molar-refractivity contribution < 1.29 is 24.3 Å². The van der Waals surface area contributed by atoms with Gasteiger partial charge in [-0.05, 0) is 38.4 Å². The summed E-state index contributed by atoms with van der Waals surface area (Å²) in [5, 5.41) is 39.0. The van der Waals surface area contributed by atoms with Crippen LogP contribution in [0.25, 0.3) is 11.3 Å². The molecule has 14 nitrogen and oxygen atoms in total. The minimum atomic E-state index is -1.29. The summed E-state index contributed by atoms with van der Waals surface area (Å²) >= 11 is 1.21. The fraction of sp³-hybridized carbons (Fsp3) is 0.333. The Bertz CT molecular complexity index is 1500. The Morgan fingerprint density at radius 3 is 2.71 bits per heavy atom. The number of carboxylic acid groups (broad SMARTS) is 1. The van der Waals surface area contributed by atoms with E-state index in [2.05, 4.69) is 25.5 Å². The van der Waals surface area contributed by atoms with E-state index in [4.69, 9.17) is 9.47 Å². The fourth-order valence-corrected chi connectivity index (χ4v) is 4.38. The van der Waals surface area contributed by atoms with Crippen molar-refractivity contribution in [1.82, 2.24) is 24.9 Å². The molecule has 0 aliphatic carbocycles. The lowest BCUT2D eigenvalue weighted by atomic mass is 10.0. The van der Waals surface area contributed by atoms with Gasteiger partial charge in [0, 0.05) is 35.5 Å². The van der Waals surface area contributed by atoms with Gasteiger partial charge < -0.3 is 19.5 Å². The molecule has 1 unspecified atom stereocenters. The van der Waals surface area contributed by atoms with Gasteiger partial charge in [0.25, 0.3) is 5.69 Å². The van der Waals surface area contributed by atoms with E-state index in [1.807, 2.05) is 49.5 Å². The number of aromatic nitrogens is 4. The van der Waals surface area contributed by atoms with Crippen molar-refractivity contribution in [1.29, 1.82) is 0 Å². The van der Waals surface area contributed by atoms with Gasteiger partial charge >= 0.3 is 5.97 Å². The van der Waals surface area contributed by atoms with Gasteiger partial charge in [0.05, 0.1) is 36.6 Å². The molecule has 0 aliphatic rings. The first-order chi connectivity index (χ1) is 20.3. The smallest absolute Gasteiger partial charge is 0.330 e. The number of nitrogens with zero attached hydrogens (tertiary/aromatic N) is 8. The number of rotatable bonds is 16. The van der Waals surface area contributed by atoms with Gasteiger partial charge in [-0.25, -0.2) is 14.5 Å². The Morgan fingerprint density at radius 2 is 1.98 bits per heavy atom. The standard InChI is InChI=1S/C27H30N8O6S/c1-33(2)11-13-40-17-21-16-34(32-29-21)12-14-41-22-9-7-19(8-10-22)24-18-42-27(28-24)31-30-23(26(36)37)15-20-5-3-4-6-25(20)35(38)39/h3-10,16,18,23H,11-15,17H2,1-2H3,(H,36,37). The molecule has 0 bridgehead atoms. The highest BCUT2D eigenvalue weighted by atomic mass is 32.1. The van der Waals surface area contributed by atoms with Crippen LogP contribution >= 0.6 is 11.3 Å². The van der Waals surface area contributed by atoms with Crippen LogP contribution in [0.5, 0.6) is 5.75 Å². The number of azo groups is 1. The van der Waals surface area contributed by atoms with Gasteiger partial charge in [-0.1, -0.05) is 23.4 Å². The second kappa shape index (κ2) is 14.9. The Labute approximate surface area is 245 Å². The fourth-order valence-electron chi connectivity index (χ4n) is 3.73. The van der Waals surface area contributed by atoms with E-state index in [-0.39, 0.29) is 22.8 Å². The lowest BCUT2D eigenvalue weighted by Crippen LogP contribution is -2.20. The van der Waals surface area contributed by atoms with Crippen LogP contribution in [0.1, 0.15) is 11.3 Å². The van der Waals surface area contributed by atoms with E-state index in [1.54, 1.807) is 16.1 Å². The zero-order chi connectivity index (χ0) is 29.9. The van der Waals surface area contributed by atoms with E-state index in [0.717, 1.165) is 17.8 Å². The number of thiazole rings is 1. The van der Waals surface area contributed by atoms with Gasteiger partial charge in [-0.2, -0.15) is 5.11 Å². The maximum Gasteiger partial charge on any atom is 0.330 e. The average molecular weight is 595 g/mol. The van der Waals surface area contributed by atoms with Gasteiger partial charge in [0.1, 0.15) is 18.1 Å². The molecule has 2 heterocycles. The number of hydrogen-bond acceptors (Lipinski definition) is 12. The molecule has 15 heteroatoms. The van der Waals surface area contributed by atoms with Gasteiger partial charge in [-0.15, -0.1) is 21.5 Å². The van der Waals surface area contributed by atoms with Gasteiger partial charge in [-0.3, -0.25) is 10.1 Å². The first-order valence-corrected chi connectivity index (χ1v) is 13.8. The number of hydrogen-bond donors (Lipinski definition) is 1. The molecule has 0 saturated heterocycles. The van der Waals surface area contributed by atoms with Crippen LogP contribution < -0.4 is 4.74 Å². The molecule has 4 aromatic rings. The van der Waals surface area contributed by atoms with Crippen molar-refractivity contribution in [3.63, 3.8) is 0 Å². The summed E-state index contributed by atoms with van der Waals surface area (Å²) in [4.78, 5) is 28.9. The van der Waals surface area contributed by atoms with E-state index >= 15 is 0 Å². The van der Waals surface area contributed by atoms with E-state index in [1.165, 1.54) is 29.5 Å². The summed E-state index contributed by atoms with van der Waals surface area (Å²) in [6.07, 6.45) is 1.67. The quantitative estimate of drug-likeness (QED) is 0.0856. The molecule has 42 heavy (non-hydrogen) atoms. The number of carboxylic acids is 1. The molecule has 1 atom stereocenters. The summed E-state index contributed by atoms with van der Waals surface area (Å²) < 4.78 is 13.1. The van der Waals surface area contributed by atoms with Crippen molar-refractivity contribution in [2.24, 2.45) is 10.2 Å². The van der Waals surface area contributed by atoms with E-state index in [9.17, 15) is 20.0 Å². The summed E-state index contributed by atoms with van der Waals surface area (Å²) in [5.41, 5.74) is 2.34. The Morgan fingerprint density at radius 1 is 1.19 bits per heavy atom. The predicted octanol–water partition coefficient (Wildman–Crippen LogP) is 4.25. The molecule has 4 rings (SSSR count). The Hall–Kier alpha value is -4.60. The topological polar surface area (TPSA) is 170 Å². The van der Waals surface area contributed by atoms with Crippen LogP contribution in [0.3, 0.4) is 0 Å². The number of nitro groups is 1. The minimum Gasteiger partial charge on any atom is -0.492 e. The average Bonchev–Trinajstić information content (AvgIpc) is 3.63. The molecule has 0 fully saturated rings. The van der Waals surface area contributed by atoms with Crippen molar-refractivity contribution in [3.8, 4) is 17.0 Å². The minimum absolute atomic E-state index is 0.160. The van der Waals surface area contributed by atoms with Crippen LogP contribution in [0, 0.1) is 10.1 Å². The van der Waals surface area contributed by atoms with Crippen LogP contribution in [-0.4, -0.2) is 80.8 Å².